The number of nitrogens with zero attached hydrogens (tertiary/aromatic N) is 4. The summed E-state index contributed by atoms with van der Waals surface area (Å²) in [5.41, 5.74) is 1.93. The standard InChI is InChI=1S/C18H19IN6O4/c1-20-17(28)14-12(26)13(27)18(29-14)25-8-24-11-15(22-7-23-16(11)25)21-6-9-3-2-4-10(19)5-9/h2-5,7-8,12-14,18,26-27H,6H2,1H3,(H,20,28)(H,21,22,23)/t12-,13+,14-,18?/m0/s1/i1D. The number of anilines is 1. The number of carbonyl (C=O) groups excluding carboxylic acids is 1. The van der Waals surface area contributed by atoms with Crippen LogP contribution in [0.15, 0.2) is 36.9 Å². The molecule has 1 aliphatic heterocycles. The molecule has 11 heteroatoms. The highest BCUT2D eigenvalue weighted by Crippen LogP contribution is 2.32. The van der Waals surface area contributed by atoms with Gasteiger partial charge < -0.3 is 25.6 Å². The van der Waals surface area contributed by atoms with Gasteiger partial charge >= 0.3 is 0 Å². The first-order chi connectivity index (χ1) is 14.5. The molecule has 3 heterocycles. The number of halogens is 1. The summed E-state index contributed by atoms with van der Waals surface area (Å²) in [6.45, 7) is 0.534. The lowest BCUT2D eigenvalue weighted by atomic mass is 10.1. The SMILES string of the molecule is [2H]CNC(=O)[C@H]1OC(n2cnc3c(NCc4cccc(I)c4)ncnc32)[C@H](O)[C@@H]1O. The molecule has 0 aliphatic carbocycles. The average Bonchev–Trinajstić information content (AvgIpc) is 3.28. The van der Waals surface area contributed by atoms with Crippen LogP contribution >= 0.6 is 22.6 Å². The molecular weight excluding hydrogens is 491 g/mol. The third-order valence-electron chi connectivity index (χ3n) is 4.65. The van der Waals surface area contributed by atoms with E-state index in [1.807, 2.05) is 18.2 Å². The van der Waals surface area contributed by atoms with Gasteiger partial charge in [0.05, 0.1) is 6.33 Å². The maximum atomic E-state index is 12.0. The van der Waals surface area contributed by atoms with Crippen molar-refractivity contribution in [3.05, 3.63) is 46.1 Å². The Kier molecular flexibility index (Phi) is 5.26. The number of imidazole rings is 1. The Morgan fingerprint density at radius 1 is 1.34 bits per heavy atom. The van der Waals surface area contributed by atoms with Crippen molar-refractivity contribution in [2.24, 2.45) is 0 Å². The number of hydrogen-bond acceptors (Lipinski definition) is 8. The largest absolute Gasteiger partial charge is 0.387 e. The van der Waals surface area contributed by atoms with Gasteiger partial charge in [0.1, 0.15) is 18.5 Å². The third-order valence-corrected chi connectivity index (χ3v) is 5.32. The van der Waals surface area contributed by atoms with Gasteiger partial charge in [-0.25, -0.2) is 15.0 Å². The maximum Gasteiger partial charge on any atom is 0.251 e. The second-order valence-electron chi connectivity index (χ2n) is 6.50. The van der Waals surface area contributed by atoms with E-state index < -0.39 is 30.4 Å². The van der Waals surface area contributed by atoms with Crippen LogP contribution in [0.25, 0.3) is 11.2 Å². The highest BCUT2D eigenvalue weighted by molar-refractivity contribution is 14.1. The lowest BCUT2D eigenvalue weighted by Gasteiger charge is -2.16. The molecule has 29 heavy (non-hydrogen) atoms. The zero-order valence-corrected chi connectivity index (χ0v) is 17.2. The van der Waals surface area contributed by atoms with Gasteiger partial charge in [0.15, 0.2) is 29.3 Å². The Morgan fingerprint density at radius 2 is 2.21 bits per heavy atom. The molecule has 152 valence electrons. The summed E-state index contributed by atoms with van der Waals surface area (Å²) < 4.78 is 15.2. The fourth-order valence-electron chi connectivity index (χ4n) is 3.21. The fraction of sp³-hybridized carbons (Fsp3) is 0.333. The van der Waals surface area contributed by atoms with Gasteiger partial charge in [0.25, 0.3) is 5.91 Å². The Hall–Kier alpha value is -2.35. The van der Waals surface area contributed by atoms with E-state index >= 15 is 0 Å². The monoisotopic (exact) mass is 511 g/mol. The summed E-state index contributed by atoms with van der Waals surface area (Å²) >= 11 is 2.25. The first-order valence-corrected chi connectivity index (χ1v) is 9.82. The minimum absolute atomic E-state index is 0.358. The number of ether oxygens (including phenoxy) is 1. The Bertz CT molecular complexity index is 1070. The molecule has 4 N–H and O–H groups in total. The zero-order chi connectivity index (χ0) is 21.3. The third kappa shape index (κ3) is 3.77. The summed E-state index contributed by atoms with van der Waals surface area (Å²) in [6.07, 6.45) is -2.40. The van der Waals surface area contributed by atoms with Crippen LogP contribution in [0, 0.1) is 3.57 Å². The smallest absolute Gasteiger partial charge is 0.251 e. The Labute approximate surface area is 180 Å². The number of amides is 1. The summed E-state index contributed by atoms with van der Waals surface area (Å²) in [4.78, 5) is 24.8. The molecule has 1 aliphatic rings. The molecule has 1 amide bonds. The van der Waals surface area contributed by atoms with Crippen molar-refractivity contribution in [3.8, 4) is 0 Å². The topological polar surface area (TPSA) is 134 Å². The van der Waals surface area contributed by atoms with E-state index in [0.717, 1.165) is 9.13 Å². The number of likely N-dealkylation sites (N-methyl/N-ethyl adjacent to an activating group) is 1. The molecule has 1 unspecified atom stereocenters. The summed E-state index contributed by atoms with van der Waals surface area (Å²) in [5.74, 6) is -0.160. The van der Waals surface area contributed by atoms with Crippen LogP contribution in [0.1, 0.15) is 13.2 Å². The summed E-state index contributed by atoms with van der Waals surface area (Å²) in [6, 6.07) is 8.03. The highest BCUT2D eigenvalue weighted by atomic mass is 127. The number of fused-ring (bicyclic) bond motifs is 1. The van der Waals surface area contributed by atoms with E-state index in [1.54, 1.807) is 0 Å². The van der Waals surface area contributed by atoms with Crippen molar-refractivity contribution >= 4 is 45.5 Å². The fourth-order valence-corrected chi connectivity index (χ4v) is 3.81. The van der Waals surface area contributed by atoms with E-state index in [2.05, 4.69) is 54.2 Å². The quantitative estimate of drug-likeness (QED) is 0.362. The Balaban J connectivity index is 1.58. The normalized spacial score (nSPS) is 24.4. The number of aliphatic hydroxyl groups excluding tert-OH is 2. The van der Waals surface area contributed by atoms with Crippen LogP contribution in [0.2, 0.25) is 0 Å². The van der Waals surface area contributed by atoms with E-state index in [9.17, 15) is 15.0 Å². The molecule has 1 saturated heterocycles. The van der Waals surface area contributed by atoms with Crippen LogP contribution in [0.5, 0.6) is 0 Å². The zero-order valence-electron chi connectivity index (χ0n) is 16.1. The predicted molar refractivity (Wildman–Crippen MR) is 112 cm³/mol. The molecule has 1 aromatic carbocycles. The molecule has 0 saturated carbocycles. The van der Waals surface area contributed by atoms with Gasteiger partial charge in [0, 0.05) is 18.5 Å². The summed E-state index contributed by atoms with van der Waals surface area (Å²) in [5, 5.41) is 26.1. The minimum atomic E-state index is -1.45. The van der Waals surface area contributed by atoms with Crippen molar-refractivity contribution in [1.29, 1.82) is 0 Å². The van der Waals surface area contributed by atoms with Gasteiger partial charge in [-0.2, -0.15) is 0 Å². The van der Waals surface area contributed by atoms with Crippen molar-refractivity contribution in [3.63, 3.8) is 0 Å². The number of aliphatic hydroxyl groups is 2. The van der Waals surface area contributed by atoms with Crippen LogP contribution < -0.4 is 10.6 Å². The first kappa shape index (κ1) is 18.7. The molecule has 0 spiro atoms. The Morgan fingerprint density at radius 3 is 3.00 bits per heavy atom. The molecule has 1 fully saturated rings. The van der Waals surface area contributed by atoms with E-state index in [-0.39, 0.29) is 7.02 Å². The second-order valence-corrected chi connectivity index (χ2v) is 7.74. The average molecular weight is 511 g/mol. The van der Waals surface area contributed by atoms with Crippen molar-refractivity contribution in [2.75, 3.05) is 12.3 Å². The van der Waals surface area contributed by atoms with Gasteiger partial charge in [-0.05, 0) is 40.3 Å². The second kappa shape index (κ2) is 8.18. The molecule has 0 radical (unpaired) electrons. The molecular formula is C18H19IN6O4. The van der Waals surface area contributed by atoms with E-state index in [4.69, 9.17) is 6.11 Å². The predicted octanol–water partition coefficient (Wildman–Crippen LogP) is 0.408. The van der Waals surface area contributed by atoms with Crippen LogP contribution in [0.3, 0.4) is 0 Å². The minimum Gasteiger partial charge on any atom is -0.387 e. The number of rotatable bonds is 5. The number of hydrogen-bond donors (Lipinski definition) is 4. The lowest BCUT2D eigenvalue weighted by molar-refractivity contribution is -0.137. The number of benzene rings is 1. The van der Waals surface area contributed by atoms with E-state index in [1.165, 1.54) is 17.2 Å². The molecule has 3 aromatic rings. The molecule has 2 aromatic heterocycles. The molecule has 4 rings (SSSR count). The number of nitrogens with one attached hydrogen (secondary N) is 2. The van der Waals surface area contributed by atoms with E-state index in [0.29, 0.717) is 23.5 Å². The van der Waals surface area contributed by atoms with Crippen molar-refractivity contribution in [1.82, 2.24) is 24.8 Å². The number of aromatic nitrogens is 4. The summed E-state index contributed by atoms with van der Waals surface area (Å²) in [7, 11) is -0.358. The molecule has 10 nitrogen and oxygen atoms in total. The first-order valence-electron chi connectivity index (χ1n) is 9.44. The molecule has 0 bridgehead atoms. The maximum absolute atomic E-state index is 12.0. The van der Waals surface area contributed by atoms with Crippen molar-refractivity contribution in [2.45, 2.75) is 31.1 Å². The van der Waals surface area contributed by atoms with Crippen LogP contribution in [0.4, 0.5) is 5.82 Å². The van der Waals surface area contributed by atoms with Gasteiger partial charge in [-0.3, -0.25) is 9.36 Å². The molecule has 4 atom stereocenters. The van der Waals surface area contributed by atoms with Crippen LogP contribution in [-0.2, 0) is 16.1 Å². The highest BCUT2D eigenvalue weighted by Gasteiger charge is 2.47. The number of carbonyl (C=O) groups is 1. The van der Waals surface area contributed by atoms with Crippen molar-refractivity contribution < 1.29 is 21.1 Å². The van der Waals surface area contributed by atoms with Gasteiger partial charge in [-0.15, -0.1) is 0 Å². The van der Waals surface area contributed by atoms with Crippen LogP contribution in [-0.4, -0.2) is 61.0 Å². The lowest BCUT2D eigenvalue weighted by Crippen LogP contribution is -2.41. The van der Waals surface area contributed by atoms with Gasteiger partial charge in [0.2, 0.25) is 0 Å². The van der Waals surface area contributed by atoms with Gasteiger partial charge in [-0.1, -0.05) is 12.1 Å².